The zero-order valence-corrected chi connectivity index (χ0v) is 16.5. The fourth-order valence-electron chi connectivity index (χ4n) is 4.86. The second-order valence-electron chi connectivity index (χ2n) is 8.52. The second-order valence-corrected chi connectivity index (χ2v) is 8.52. The normalized spacial score (nSPS) is 31.9. The molecule has 0 N–H and O–H groups in total. The molecular weight excluding hydrogens is 288 g/mol. The average molecular weight is 331 g/mol. The Morgan fingerprint density at radius 2 is 0.958 bits per heavy atom. The number of hydrogen-bond donors (Lipinski definition) is 0. The Morgan fingerprint density at radius 1 is 0.583 bits per heavy atom. The summed E-state index contributed by atoms with van der Waals surface area (Å²) in [6.07, 6.45) is 29.9. The zero-order valence-electron chi connectivity index (χ0n) is 16.5. The lowest BCUT2D eigenvalue weighted by Gasteiger charge is -2.28. The van der Waals surface area contributed by atoms with E-state index in [0.717, 1.165) is 23.7 Å². The van der Waals surface area contributed by atoms with Crippen molar-refractivity contribution >= 4 is 0 Å². The predicted octanol–water partition coefficient (Wildman–Crippen LogP) is 8.09. The Hall–Kier alpha value is -0.520. The van der Waals surface area contributed by atoms with Gasteiger partial charge < -0.3 is 0 Å². The van der Waals surface area contributed by atoms with E-state index in [0.29, 0.717) is 0 Å². The van der Waals surface area contributed by atoms with Crippen LogP contribution in [-0.2, 0) is 0 Å². The molecular formula is C24H42. The van der Waals surface area contributed by atoms with E-state index >= 15 is 0 Å². The summed E-state index contributed by atoms with van der Waals surface area (Å²) in [6, 6.07) is 0. The van der Waals surface area contributed by atoms with E-state index in [1.807, 2.05) is 0 Å². The van der Waals surface area contributed by atoms with Crippen LogP contribution in [0.5, 0.6) is 0 Å². The smallest absolute Gasteiger partial charge is 0.0233 e. The highest BCUT2D eigenvalue weighted by molar-refractivity contribution is 4.91. The first-order chi connectivity index (χ1) is 11.8. The summed E-state index contributed by atoms with van der Waals surface area (Å²) in [5.74, 6) is 3.90. The maximum absolute atomic E-state index is 2.49. The summed E-state index contributed by atoms with van der Waals surface area (Å²) >= 11 is 0. The van der Waals surface area contributed by atoms with Gasteiger partial charge in [-0.3, -0.25) is 0 Å². The molecule has 2 saturated carbocycles. The molecule has 0 saturated heterocycles. The first kappa shape index (κ1) is 19.8. The van der Waals surface area contributed by atoms with Gasteiger partial charge >= 0.3 is 0 Å². The molecule has 0 nitrogen and oxygen atoms in total. The van der Waals surface area contributed by atoms with Crippen molar-refractivity contribution in [2.45, 2.75) is 104 Å². The molecule has 138 valence electrons. The molecule has 0 aromatic carbocycles. The van der Waals surface area contributed by atoms with Crippen molar-refractivity contribution in [3.63, 3.8) is 0 Å². The molecule has 0 heterocycles. The summed E-state index contributed by atoms with van der Waals surface area (Å²) in [6.45, 7) is 4.49. The molecule has 0 unspecified atom stereocenters. The standard InChI is InChI=1S/C24H42/c1-3-5-9-21-13-17-23(18-14-21)11-7-8-12-24-19-15-22(16-20-24)10-6-4-2/h5-6,9-10,21-24H,3-4,7-8,11-20H2,1-2H3. The molecule has 0 bridgehead atoms. The van der Waals surface area contributed by atoms with Crippen LogP contribution in [0.4, 0.5) is 0 Å². The van der Waals surface area contributed by atoms with Crippen LogP contribution < -0.4 is 0 Å². The van der Waals surface area contributed by atoms with Gasteiger partial charge in [0.05, 0.1) is 0 Å². The highest BCUT2D eigenvalue weighted by Crippen LogP contribution is 2.35. The van der Waals surface area contributed by atoms with Gasteiger partial charge in [-0.25, -0.2) is 0 Å². The van der Waals surface area contributed by atoms with Crippen LogP contribution in [0.3, 0.4) is 0 Å². The van der Waals surface area contributed by atoms with Crippen molar-refractivity contribution in [1.82, 2.24) is 0 Å². The van der Waals surface area contributed by atoms with Crippen molar-refractivity contribution in [3.8, 4) is 0 Å². The summed E-state index contributed by atoms with van der Waals surface area (Å²) in [5.41, 5.74) is 0. The summed E-state index contributed by atoms with van der Waals surface area (Å²) in [7, 11) is 0. The van der Waals surface area contributed by atoms with Gasteiger partial charge in [0.15, 0.2) is 0 Å². The summed E-state index contributed by atoms with van der Waals surface area (Å²) in [5, 5.41) is 0. The molecule has 24 heavy (non-hydrogen) atoms. The molecule has 0 amide bonds. The lowest BCUT2D eigenvalue weighted by molar-refractivity contribution is 0.268. The lowest BCUT2D eigenvalue weighted by Crippen LogP contribution is -2.14. The number of unbranched alkanes of at least 4 members (excludes halogenated alkanes) is 1. The molecule has 0 radical (unpaired) electrons. The summed E-state index contributed by atoms with van der Waals surface area (Å²) < 4.78 is 0. The average Bonchev–Trinajstić information content (AvgIpc) is 2.64. The van der Waals surface area contributed by atoms with Crippen LogP contribution in [0.15, 0.2) is 24.3 Å². The van der Waals surface area contributed by atoms with Gasteiger partial charge in [-0.15, -0.1) is 0 Å². The molecule has 0 atom stereocenters. The van der Waals surface area contributed by atoms with E-state index < -0.39 is 0 Å². The number of allylic oxidation sites excluding steroid dienone is 4. The first-order valence-electron chi connectivity index (χ1n) is 11.1. The largest absolute Gasteiger partial charge is 0.0885 e. The maximum atomic E-state index is 2.49. The van der Waals surface area contributed by atoms with Crippen LogP contribution in [0.2, 0.25) is 0 Å². The minimum Gasteiger partial charge on any atom is -0.0885 e. The third kappa shape index (κ3) is 7.58. The topological polar surface area (TPSA) is 0 Å². The van der Waals surface area contributed by atoms with Crippen LogP contribution in [0.25, 0.3) is 0 Å². The highest BCUT2D eigenvalue weighted by atomic mass is 14.3. The van der Waals surface area contributed by atoms with Gasteiger partial charge in [-0.2, -0.15) is 0 Å². The Kier molecular flexibility index (Phi) is 9.85. The van der Waals surface area contributed by atoms with Crippen molar-refractivity contribution in [2.24, 2.45) is 23.7 Å². The van der Waals surface area contributed by atoms with Gasteiger partial charge in [0.2, 0.25) is 0 Å². The maximum Gasteiger partial charge on any atom is -0.0233 e. The van der Waals surface area contributed by atoms with Gasteiger partial charge in [0.25, 0.3) is 0 Å². The Balaban J connectivity index is 1.49. The molecule has 0 aliphatic heterocycles. The van der Waals surface area contributed by atoms with Gasteiger partial charge in [0.1, 0.15) is 0 Å². The number of rotatable bonds is 9. The van der Waals surface area contributed by atoms with Crippen LogP contribution in [0.1, 0.15) is 104 Å². The van der Waals surface area contributed by atoms with Crippen molar-refractivity contribution < 1.29 is 0 Å². The van der Waals surface area contributed by atoms with E-state index in [9.17, 15) is 0 Å². The Labute approximate surface area is 152 Å². The number of hydrogen-bond acceptors (Lipinski definition) is 0. The first-order valence-corrected chi connectivity index (χ1v) is 11.1. The fraction of sp³-hybridized carbons (Fsp3) is 0.833. The molecule has 2 fully saturated rings. The monoisotopic (exact) mass is 330 g/mol. The van der Waals surface area contributed by atoms with Crippen molar-refractivity contribution in [1.29, 1.82) is 0 Å². The van der Waals surface area contributed by atoms with Gasteiger partial charge in [-0.05, 0) is 87.9 Å². The molecule has 0 aromatic rings. The SMILES string of the molecule is CCC=CC1CCC(CCCCC2CCC(C=CCC)CC2)CC1. The molecule has 2 rings (SSSR count). The van der Waals surface area contributed by atoms with Crippen molar-refractivity contribution in [3.05, 3.63) is 24.3 Å². The van der Waals surface area contributed by atoms with Crippen LogP contribution in [-0.4, -0.2) is 0 Å². The molecule has 0 heteroatoms. The molecule has 0 aromatic heterocycles. The fourth-order valence-corrected chi connectivity index (χ4v) is 4.86. The third-order valence-electron chi connectivity index (χ3n) is 6.55. The Bertz CT molecular complexity index is 312. The Morgan fingerprint density at radius 3 is 1.29 bits per heavy atom. The van der Waals surface area contributed by atoms with Crippen molar-refractivity contribution in [2.75, 3.05) is 0 Å². The third-order valence-corrected chi connectivity index (χ3v) is 6.55. The molecule has 2 aliphatic rings. The predicted molar refractivity (Wildman–Crippen MR) is 108 cm³/mol. The van der Waals surface area contributed by atoms with E-state index in [1.165, 1.54) is 89.9 Å². The van der Waals surface area contributed by atoms with E-state index in [2.05, 4.69) is 38.2 Å². The van der Waals surface area contributed by atoms with E-state index in [1.54, 1.807) is 0 Å². The van der Waals surface area contributed by atoms with E-state index in [4.69, 9.17) is 0 Å². The minimum atomic E-state index is 0.901. The minimum absolute atomic E-state index is 0.901. The van der Waals surface area contributed by atoms with Crippen LogP contribution >= 0.6 is 0 Å². The summed E-state index contributed by atoms with van der Waals surface area (Å²) in [4.78, 5) is 0. The van der Waals surface area contributed by atoms with Gasteiger partial charge in [0, 0.05) is 0 Å². The van der Waals surface area contributed by atoms with E-state index in [-0.39, 0.29) is 0 Å². The lowest BCUT2D eigenvalue weighted by atomic mass is 9.78. The second kappa shape index (κ2) is 11.9. The van der Waals surface area contributed by atoms with Gasteiger partial charge in [-0.1, -0.05) is 63.8 Å². The highest BCUT2D eigenvalue weighted by Gasteiger charge is 2.21. The molecule has 2 aliphatic carbocycles. The quantitative estimate of drug-likeness (QED) is 0.296. The van der Waals surface area contributed by atoms with Crippen LogP contribution in [0, 0.1) is 23.7 Å². The zero-order chi connectivity index (χ0) is 17.0. The molecule has 0 spiro atoms.